The zero-order valence-corrected chi connectivity index (χ0v) is 12.8. The van der Waals surface area contributed by atoms with Crippen molar-refractivity contribution < 1.29 is 34.3 Å². The molecule has 1 saturated heterocycles. The number of ether oxygens (including phenoxy) is 2. The second kappa shape index (κ2) is 6.50. The Morgan fingerprint density at radius 2 is 1.88 bits per heavy atom. The summed E-state index contributed by atoms with van der Waals surface area (Å²) in [5.41, 5.74) is 0.563. The SMILES string of the molecule is Cc1cc(=O)oc2cc(O[C@H]3O[C@@H](CO)[C@@H](O)[C@@H](O)[C@H]3O)ccc12. The molecule has 4 N–H and O–H groups in total. The third kappa shape index (κ3) is 3.02. The summed E-state index contributed by atoms with van der Waals surface area (Å²) in [5.74, 6) is 0.237. The second-order valence-electron chi connectivity index (χ2n) is 5.72. The van der Waals surface area contributed by atoms with Crippen molar-refractivity contribution in [1.29, 1.82) is 0 Å². The van der Waals surface area contributed by atoms with E-state index >= 15 is 0 Å². The first-order valence-corrected chi connectivity index (χ1v) is 7.42. The van der Waals surface area contributed by atoms with Crippen LogP contribution in [-0.4, -0.2) is 57.7 Å². The molecule has 8 heteroatoms. The van der Waals surface area contributed by atoms with Crippen LogP contribution in [0.1, 0.15) is 5.56 Å². The maximum Gasteiger partial charge on any atom is 0.336 e. The van der Waals surface area contributed by atoms with E-state index in [9.17, 15) is 20.1 Å². The predicted octanol–water partition coefficient (Wildman–Crippen LogP) is -0.720. The summed E-state index contributed by atoms with van der Waals surface area (Å²) in [5, 5.41) is 39.4. The molecule has 2 heterocycles. The Morgan fingerprint density at radius 3 is 2.58 bits per heavy atom. The minimum atomic E-state index is -1.53. The van der Waals surface area contributed by atoms with Gasteiger partial charge in [-0.05, 0) is 24.6 Å². The van der Waals surface area contributed by atoms with E-state index in [1.807, 2.05) is 0 Å². The van der Waals surface area contributed by atoms with Crippen LogP contribution in [0.15, 0.2) is 33.5 Å². The smallest absolute Gasteiger partial charge is 0.336 e. The average molecular weight is 338 g/mol. The highest BCUT2D eigenvalue weighted by molar-refractivity contribution is 5.81. The molecule has 0 bridgehead atoms. The summed E-state index contributed by atoms with van der Waals surface area (Å²) >= 11 is 0. The van der Waals surface area contributed by atoms with Gasteiger partial charge in [0.1, 0.15) is 35.7 Å². The van der Waals surface area contributed by atoms with E-state index in [1.165, 1.54) is 12.1 Å². The lowest BCUT2D eigenvalue weighted by Gasteiger charge is -2.39. The number of benzene rings is 1. The van der Waals surface area contributed by atoms with Crippen molar-refractivity contribution in [2.45, 2.75) is 37.6 Å². The fraction of sp³-hybridized carbons (Fsp3) is 0.438. The summed E-state index contributed by atoms with van der Waals surface area (Å²) < 4.78 is 15.9. The highest BCUT2D eigenvalue weighted by Gasteiger charge is 2.44. The molecule has 1 aliphatic heterocycles. The number of aryl methyl sites for hydroxylation is 1. The van der Waals surface area contributed by atoms with E-state index in [0.717, 1.165) is 10.9 Å². The Kier molecular flexibility index (Phi) is 4.57. The molecular formula is C16H18O8. The first-order chi connectivity index (χ1) is 11.4. The van der Waals surface area contributed by atoms with Gasteiger partial charge in [-0.2, -0.15) is 0 Å². The van der Waals surface area contributed by atoms with E-state index < -0.39 is 42.9 Å². The van der Waals surface area contributed by atoms with Crippen LogP contribution in [0.5, 0.6) is 5.75 Å². The lowest BCUT2D eigenvalue weighted by Crippen LogP contribution is -2.60. The van der Waals surface area contributed by atoms with Crippen molar-refractivity contribution in [2.75, 3.05) is 6.61 Å². The Morgan fingerprint density at radius 1 is 1.12 bits per heavy atom. The van der Waals surface area contributed by atoms with Gasteiger partial charge in [-0.25, -0.2) is 4.79 Å². The van der Waals surface area contributed by atoms with Crippen LogP contribution >= 0.6 is 0 Å². The molecule has 130 valence electrons. The normalized spacial score (nSPS) is 30.5. The number of rotatable bonds is 3. The van der Waals surface area contributed by atoms with Gasteiger partial charge in [-0.1, -0.05) is 0 Å². The summed E-state index contributed by atoms with van der Waals surface area (Å²) in [6.07, 6.45) is -6.85. The third-order valence-electron chi connectivity index (χ3n) is 4.02. The third-order valence-corrected chi connectivity index (χ3v) is 4.02. The van der Waals surface area contributed by atoms with E-state index in [4.69, 9.17) is 19.0 Å². The van der Waals surface area contributed by atoms with Crippen LogP contribution in [0.2, 0.25) is 0 Å². The predicted molar refractivity (Wildman–Crippen MR) is 81.6 cm³/mol. The Bertz CT molecular complexity index is 783. The first-order valence-electron chi connectivity index (χ1n) is 7.42. The Labute approximate surface area is 136 Å². The molecule has 5 atom stereocenters. The van der Waals surface area contributed by atoms with Crippen molar-refractivity contribution >= 4 is 11.0 Å². The fourth-order valence-electron chi connectivity index (χ4n) is 2.68. The van der Waals surface area contributed by atoms with Crippen molar-refractivity contribution in [2.24, 2.45) is 0 Å². The molecule has 24 heavy (non-hydrogen) atoms. The molecule has 1 aromatic heterocycles. The molecule has 2 aromatic rings. The van der Waals surface area contributed by atoms with Gasteiger partial charge in [-0.3, -0.25) is 0 Å². The van der Waals surface area contributed by atoms with Gasteiger partial charge in [0.25, 0.3) is 0 Å². The highest BCUT2D eigenvalue weighted by atomic mass is 16.7. The summed E-state index contributed by atoms with van der Waals surface area (Å²) in [4.78, 5) is 11.5. The molecule has 1 aromatic carbocycles. The topological polar surface area (TPSA) is 130 Å². The fourth-order valence-corrected chi connectivity index (χ4v) is 2.68. The van der Waals surface area contributed by atoms with Gasteiger partial charge < -0.3 is 34.3 Å². The molecular weight excluding hydrogens is 320 g/mol. The highest BCUT2D eigenvalue weighted by Crippen LogP contribution is 2.27. The van der Waals surface area contributed by atoms with Crippen molar-refractivity contribution in [1.82, 2.24) is 0 Å². The van der Waals surface area contributed by atoms with Crippen molar-refractivity contribution in [3.05, 3.63) is 40.2 Å². The maximum absolute atomic E-state index is 11.5. The van der Waals surface area contributed by atoms with Gasteiger partial charge in [-0.15, -0.1) is 0 Å². The van der Waals surface area contributed by atoms with E-state index in [-0.39, 0.29) is 5.75 Å². The summed E-state index contributed by atoms with van der Waals surface area (Å²) in [6.45, 7) is 1.23. The lowest BCUT2D eigenvalue weighted by molar-refractivity contribution is -0.277. The van der Waals surface area contributed by atoms with Gasteiger partial charge in [0, 0.05) is 17.5 Å². The van der Waals surface area contributed by atoms with Crippen LogP contribution in [0.3, 0.4) is 0 Å². The molecule has 8 nitrogen and oxygen atoms in total. The molecule has 0 radical (unpaired) electrons. The second-order valence-corrected chi connectivity index (χ2v) is 5.72. The minimum absolute atomic E-state index is 0.237. The van der Waals surface area contributed by atoms with Crippen LogP contribution in [0.25, 0.3) is 11.0 Å². The zero-order chi connectivity index (χ0) is 17.4. The molecule has 0 unspecified atom stereocenters. The van der Waals surface area contributed by atoms with Crippen LogP contribution in [0, 0.1) is 6.92 Å². The lowest BCUT2D eigenvalue weighted by atomic mass is 9.99. The van der Waals surface area contributed by atoms with E-state index in [0.29, 0.717) is 5.58 Å². The Hall–Kier alpha value is -1.97. The minimum Gasteiger partial charge on any atom is -0.462 e. The van der Waals surface area contributed by atoms with Crippen molar-refractivity contribution in [3.63, 3.8) is 0 Å². The van der Waals surface area contributed by atoms with Crippen molar-refractivity contribution in [3.8, 4) is 5.75 Å². The molecule has 0 aliphatic carbocycles. The largest absolute Gasteiger partial charge is 0.462 e. The maximum atomic E-state index is 11.5. The quantitative estimate of drug-likeness (QED) is 0.540. The van der Waals surface area contributed by atoms with Gasteiger partial charge in [0.2, 0.25) is 6.29 Å². The summed E-state index contributed by atoms with van der Waals surface area (Å²) in [7, 11) is 0. The first kappa shape index (κ1) is 16.9. The van der Waals surface area contributed by atoms with E-state index in [2.05, 4.69) is 0 Å². The molecule has 0 amide bonds. The molecule has 0 saturated carbocycles. The van der Waals surface area contributed by atoms with Gasteiger partial charge >= 0.3 is 5.63 Å². The monoisotopic (exact) mass is 338 g/mol. The van der Waals surface area contributed by atoms with Gasteiger partial charge in [0.15, 0.2) is 0 Å². The zero-order valence-electron chi connectivity index (χ0n) is 12.8. The van der Waals surface area contributed by atoms with Crippen LogP contribution in [-0.2, 0) is 4.74 Å². The summed E-state index contributed by atoms with van der Waals surface area (Å²) in [6, 6.07) is 6.12. The van der Waals surface area contributed by atoms with Gasteiger partial charge in [0.05, 0.1) is 6.61 Å². The number of aliphatic hydroxyl groups excluding tert-OH is 4. The molecule has 1 aliphatic rings. The van der Waals surface area contributed by atoms with E-state index in [1.54, 1.807) is 19.1 Å². The number of hydrogen-bond donors (Lipinski definition) is 4. The number of hydrogen-bond acceptors (Lipinski definition) is 8. The molecule has 1 fully saturated rings. The number of fused-ring (bicyclic) bond motifs is 1. The number of aliphatic hydroxyl groups is 4. The van der Waals surface area contributed by atoms with Crippen LogP contribution < -0.4 is 10.4 Å². The average Bonchev–Trinajstić information content (AvgIpc) is 2.55. The molecule has 0 spiro atoms. The van der Waals surface area contributed by atoms with Crippen LogP contribution in [0.4, 0.5) is 0 Å². The standard InChI is InChI=1S/C16H18O8/c1-7-4-12(18)23-10-5-8(2-3-9(7)10)22-16-15(21)14(20)13(19)11(6-17)24-16/h2-5,11,13-17,19-21H,6H2,1H3/t11-,13+,14+,15+,16-/m0/s1. The Balaban J connectivity index is 1.87. The molecule has 3 rings (SSSR count).